The Bertz CT molecular complexity index is 430. The van der Waals surface area contributed by atoms with Crippen molar-refractivity contribution in [3.63, 3.8) is 0 Å². The van der Waals surface area contributed by atoms with E-state index in [-0.39, 0.29) is 17.7 Å². The van der Waals surface area contributed by atoms with Gasteiger partial charge in [0.1, 0.15) is 11.3 Å². The SMILES string of the molecule is NC(=O)c1cccc(NC=O)c1[N+](=O)[O-]. The van der Waals surface area contributed by atoms with E-state index in [0.29, 0.717) is 0 Å². The molecule has 78 valence electrons. The van der Waals surface area contributed by atoms with Crippen molar-refractivity contribution in [1.82, 2.24) is 0 Å². The number of anilines is 1. The van der Waals surface area contributed by atoms with Gasteiger partial charge in [-0.2, -0.15) is 0 Å². The number of nitrogens with one attached hydrogen (secondary N) is 1. The van der Waals surface area contributed by atoms with E-state index in [2.05, 4.69) is 5.32 Å². The minimum atomic E-state index is -0.920. The fourth-order valence-corrected chi connectivity index (χ4v) is 1.12. The summed E-state index contributed by atoms with van der Waals surface area (Å²) in [7, 11) is 0. The Balaban J connectivity index is 3.40. The largest absolute Gasteiger partial charge is 0.365 e. The third-order valence-electron chi connectivity index (χ3n) is 1.70. The van der Waals surface area contributed by atoms with Crippen LogP contribution in [-0.2, 0) is 4.79 Å². The number of hydrogen-bond acceptors (Lipinski definition) is 4. The number of para-hydroxylation sites is 1. The Morgan fingerprint density at radius 3 is 2.67 bits per heavy atom. The van der Waals surface area contributed by atoms with Crippen molar-refractivity contribution in [3.05, 3.63) is 33.9 Å². The Morgan fingerprint density at radius 2 is 2.20 bits per heavy atom. The second-order valence-corrected chi connectivity index (χ2v) is 2.59. The normalized spacial score (nSPS) is 9.33. The van der Waals surface area contributed by atoms with E-state index in [4.69, 9.17) is 5.73 Å². The molecule has 3 N–H and O–H groups in total. The molecule has 0 atom stereocenters. The first-order valence-corrected chi connectivity index (χ1v) is 3.85. The van der Waals surface area contributed by atoms with Crippen molar-refractivity contribution in [3.8, 4) is 0 Å². The average Bonchev–Trinajstić information content (AvgIpc) is 2.17. The molecule has 0 saturated heterocycles. The lowest BCUT2D eigenvalue weighted by Crippen LogP contribution is -2.14. The molecule has 0 fully saturated rings. The molecule has 0 bridgehead atoms. The summed E-state index contributed by atoms with van der Waals surface area (Å²) in [6.07, 6.45) is 0.285. The summed E-state index contributed by atoms with van der Waals surface area (Å²) in [4.78, 5) is 31.0. The molecule has 0 saturated carbocycles. The van der Waals surface area contributed by atoms with Crippen molar-refractivity contribution >= 4 is 23.7 Å². The maximum atomic E-state index is 10.9. The number of nitro benzene ring substituents is 1. The van der Waals surface area contributed by atoms with Gasteiger partial charge in [-0.05, 0) is 12.1 Å². The van der Waals surface area contributed by atoms with Crippen LogP contribution in [0.4, 0.5) is 11.4 Å². The number of benzene rings is 1. The maximum Gasteiger partial charge on any atom is 0.305 e. The van der Waals surface area contributed by atoms with Gasteiger partial charge >= 0.3 is 5.69 Å². The first-order chi connectivity index (χ1) is 7.07. The van der Waals surface area contributed by atoms with Gasteiger partial charge in [-0.3, -0.25) is 19.7 Å². The summed E-state index contributed by atoms with van der Waals surface area (Å²) in [5.41, 5.74) is 4.15. The molecular formula is C8H7N3O4. The summed E-state index contributed by atoms with van der Waals surface area (Å²) in [5.74, 6) is -0.920. The zero-order chi connectivity index (χ0) is 11.4. The summed E-state index contributed by atoms with van der Waals surface area (Å²) < 4.78 is 0. The molecule has 2 amide bonds. The van der Waals surface area contributed by atoms with Gasteiger partial charge in [0.15, 0.2) is 0 Å². The Morgan fingerprint density at radius 1 is 1.53 bits per heavy atom. The van der Waals surface area contributed by atoms with Gasteiger partial charge in [-0.15, -0.1) is 0 Å². The number of primary amides is 1. The molecule has 1 aromatic rings. The van der Waals surface area contributed by atoms with Gasteiger partial charge in [-0.25, -0.2) is 0 Å². The van der Waals surface area contributed by atoms with Crippen LogP contribution in [0.2, 0.25) is 0 Å². The fraction of sp³-hybridized carbons (Fsp3) is 0. The van der Waals surface area contributed by atoms with Crippen LogP contribution >= 0.6 is 0 Å². The number of carbonyl (C=O) groups excluding carboxylic acids is 2. The van der Waals surface area contributed by atoms with Crippen molar-refractivity contribution in [1.29, 1.82) is 0 Å². The van der Waals surface area contributed by atoms with Crippen molar-refractivity contribution in [2.75, 3.05) is 5.32 Å². The number of amides is 2. The van der Waals surface area contributed by atoms with Gasteiger partial charge in [-0.1, -0.05) is 6.07 Å². The molecule has 0 aliphatic rings. The number of hydrogen-bond donors (Lipinski definition) is 2. The Hall–Kier alpha value is -2.44. The van der Waals surface area contributed by atoms with E-state index in [0.717, 1.165) is 0 Å². The van der Waals surface area contributed by atoms with Gasteiger partial charge in [0.05, 0.1) is 4.92 Å². The summed E-state index contributed by atoms with van der Waals surface area (Å²) >= 11 is 0. The molecule has 0 aliphatic carbocycles. The Labute approximate surface area is 84.0 Å². The van der Waals surface area contributed by atoms with Crippen LogP contribution in [0.3, 0.4) is 0 Å². The van der Waals surface area contributed by atoms with Crippen molar-refractivity contribution in [2.45, 2.75) is 0 Å². The summed E-state index contributed by atoms with van der Waals surface area (Å²) in [5, 5.41) is 12.8. The fourth-order valence-electron chi connectivity index (χ4n) is 1.12. The van der Waals surface area contributed by atoms with Crippen LogP contribution in [-0.4, -0.2) is 17.2 Å². The van der Waals surface area contributed by atoms with Crippen LogP contribution in [0, 0.1) is 10.1 Å². The highest BCUT2D eigenvalue weighted by atomic mass is 16.6. The summed E-state index contributed by atoms with van der Waals surface area (Å²) in [6, 6.07) is 3.91. The van der Waals surface area contributed by atoms with Crippen LogP contribution in [0.1, 0.15) is 10.4 Å². The van der Waals surface area contributed by atoms with Gasteiger partial charge in [0, 0.05) is 0 Å². The molecule has 0 aliphatic heterocycles. The minimum absolute atomic E-state index is 0.0636. The zero-order valence-electron chi connectivity index (χ0n) is 7.47. The number of nitro groups is 1. The van der Waals surface area contributed by atoms with E-state index in [1.54, 1.807) is 0 Å². The molecule has 0 unspecified atom stereocenters. The number of nitrogens with two attached hydrogens (primary N) is 1. The quantitative estimate of drug-likeness (QED) is 0.420. The van der Waals surface area contributed by atoms with Crippen molar-refractivity contribution in [2.24, 2.45) is 5.73 Å². The highest BCUT2D eigenvalue weighted by Crippen LogP contribution is 2.27. The first-order valence-electron chi connectivity index (χ1n) is 3.85. The van der Waals surface area contributed by atoms with Crippen LogP contribution in [0.15, 0.2) is 18.2 Å². The molecule has 1 rings (SSSR count). The molecule has 15 heavy (non-hydrogen) atoms. The molecular weight excluding hydrogens is 202 g/mol. The molecule has 0 spiro atoms. The monoisotopic (exact) mass is 209 g/mol. The molecule has 1 aromatic carbocycles. The van der Waals surface area contributed by atoms with E-state index < -0.39 is 16.5 Å². The molecule has 7 heteroatoms. The second-order valence-electron chi connectivity index (χ2n) is 2.59. The van der Waals surface area contributed by atoms with E-state index >= 15 is 0 Å². The van der Waals surface area contributed by atoms with Crippen LogP contribution < -0.4 is 11.1 Å². The van der Waals surface area contributed by atoms with Gasteiger partial charge < -0.3 is 11.1 Å². The van der Waals surface area contributed by atoms with E-state index in [9.17, 15) is 19.7 Å². The Kier molecular flexibility index (Phi) is 2.97. The van der Waals surface area contributed by atoms with Crippen LogP contribution in [0.5, 0.6) is 0 Å². The highest BCUT2D eigenvalue weighted by Gasteiger charge is 2.22. The zero-order valence-corrected chi connectivity index (χ0v) is 7.47. The lowest BCUT2D eigenvalue weighted by Gasteiger charge is -2.03. The average molecular weight is 209 g/mol. The minimum Gasteiger partial charge on any atom is -0.365 e. The van der Waals surface area contributed by atoms with Crippen LogP contribution in [0.25, 0.3) is 0 Å². The van der Waals surface area contributed by atoms with Crippen molar-refractivity contribution < 1.29 is 14.5 Å². The third kappa shape index (κ3) is 2.08. The predicted octanol–water partition coefficient (Wildman–Crippen LogP) is 0.262. The second kappa shape index (κ2) is 4.18. The lowest BCUT2D eigenvalue weighted by molar-refractivity contribution is -0.384. The third-order valence-corrected chi connectivity index (χ3v) is 1.70. The first kappa shape index (κ1) is 10.6. The van der Waals surface area contributed by atoms with E-state index in [1.165, 1.54) is 18.2 Å². The van der Waals surface area contributed by atoms with E-state index in [1.807, 2.05) is 0 Å². The standard InChI is InChI=1S/C8H7N3O4/c9-8(13)5-2-1-3-6(10-4-12)7(5)11(14)15/h1-4H,(H2,9,13)(H,10,12). The number of nitrogens with zero attached hydrogens (tertiary/aromatic N) is 1. The maximum absolute atomic E-state index is 10.9. The molecule has 0 heterocycles. The molecule has 0 radical (unpaired) electrons. The topological polar surface area (TPSA) is 115 Å². The van der Waals surface area contributed by atoms with Gasteiger partial charge in [0.25, 0.3) is 5.91 Å². The predicted molar refractivity (Wildman–Crippen MR) is 51.3 cm³/mol. The molecule has 7 nitrogen and oxygen atoms in total. The summed E-state index contributed by atoms with van der Waals surface area (Å²) in [6.45, 7) is 0. The highest BCUT2D eigenvalue weighted by molar-refractivity contribution is 6.00. The number of carbonyl (C=O) groups is 2. The molecule has 0 aromatic heterocycles. The van der Waals surface area contributed by atoms with Gasteiger partial charge in [0.2, 0.25) is 6.41 Å². The number of rotatable bonds is 4. The lowest BCUT2D eigenvalue weighted by atomic mass is 10.1. The smallest absolute Gasteiger partial charge is 0.305 e.